The summed E-state index contributed by atoms with van der Waals surface area (Å²) in [6.07, 6.45) is 4.42. The van der Waals surface area contributed by atoms with Crippen LogP contribution in [0.4, 0.5) is 4.79 Å². The largest absolute Gasteiger partial charge is 0.379 e. The molecule has 16 heavy (non-hydrogen) atoms. The maximum absolute atomic E-state index is 12.3. The number of amides is 3. The zero-order chi connectivity index (χ0) is 11.2. The number of hydrogen-bond donors (Lipinski definition) is 1. The molecule has 0 aromatic heterocycles. The first-order valence-electron chi connectivity index (χ1n) is 5.96. The third kappa shape index (κ3) is 1.27. The van der Waals surface area contributed by atoms with Crippen molar-refractivity contribution in [2.24, 2.45) is 0 Å². The average molecular weight is 224 g/mol. The van der Waals surface area contributed by atoms with E-state index in [0.717, 1.165) is 32.1 Å². The van der Waals surface area contributed by atoms with Crippen LogP contribution in [0.3, 0.4) is 0 Å². The lowest BCUT2D eigenvalue weighted by Crippen LogP contribution is -2.45. The molecule has 2 aliphatic heterocycles. The first-order chi connectivity index (χ1) is 7.73. The maximum Gasteiger partial charge on any atom is 0.325 e. The van der Waals surface area contributed by atoms with Crippen molar-refractivity contribution in [1.29, 1.82) is 0 Å². The van der Waals surface area contributed by atoms with Crippen LogP contribution >= 0.6 is 0 Å². The minimum atomic E-state index is -0.570. The average Bonchev–Trinajstić information content (AvgIpc) is 2.92. The minimum Gasteiger partial charge on any atom is -0.379 e. The van der Waals surface area contributed by atoms with Gasteiger partial charge in [-0.25, -0.2) is 4.79 Å². The second-order valence-corrected chi connectivity index (χ2v) is 4.91. The SMILES string of the molecule is O=C1NC2(CCCC2)C(=O)N1C1CCOC1. The molecule has 1 atom stereocenters. The lowest BCUT2D eigenvalue weighted by Gasteiger charge is -2.22. The number of nitrogens with one attached hydrogen (secondary N) is 1. The molecule has 0 bridgehead atoms. The summed E-state index contributed by atoms with van der Waals surface area (Å²) in [7, 11) is 0. The normalized spacial score (nSPS) is 32.8. The highest BCUT2D eigenvalue weighted by Crippen LogP contribution is 2.36. The molecule has 5 nitrogen and oxygen atoms in total. The molecule has 88 valence electrons. The Labute approximate surface area is 94.1 Å². The molecule has 0 aromatic rings. The molecule has 2 saturated heterocycles. The summed E-state index contributed by atoms with van der Waals surface area (Å²) >= 11 is 0. The fraction of sp³-hybridized carbons (Fsp3) is 0.818. The molecule has 5 heteroatoms. The van der Waals surface area contributed by atoms with Crippen molar-refractivity contribution in [2.75, 3.05) is 13.2 Å². The van der Waals surface area contributed by atoms with Gasteiger partial charge in [0.1, 0.15) is 5.54 Å². The summed E-state index contributed by atoms with van der Waals surface area (Å²) in [6.45, 7) is 1.14. The number of rotatable bonds is 1. The highest BCUT2D eigenvalue weighted by atomic mass is 16.5. The Morgan fingerprint density at radius 3 is 2.69 bits per heavy atom. The Kier molecular flexibility index (Phi) is 2.17. The van der Waals surface area contributed by atoms with Crippen molar-refractivity contribution in [2.45, 2.75) is 43.7 Å². The summed E-state index contributed by atoms with van der Waals surface area (Å²) in [5.74, 6) is -0.0227. The molecule has 3 aliphatic rings. The molecule has 1 saturated carbocycles. The van der Waals surface area contributed by atoms with Crippen LogP contribution in [0.25, 0.3) is 0 Å². The van der Waals surface area contributed by atoms with Crippen molar-refractivity contribution < 1.29 is 14.3 Å². The van der Waals surface area contributed by atoms with Crippen LogP contribution in [-0.2, 0) is 9.53 Å². The number of nitrogens with zero attached hydrogens (tertiary/aromatic N) is 1. The van der Waals surface area contributed by atoms with Crippen molar-refractivity contribution >= 4 is 11.9 Å². The van der Waals surface area contributed by atoms with Gasteiger partial charge in [-0.05, 0) is 19.3 Å². The highest BCUT2D eigenvalue weighted by Gasteiger charge is 2.54. The molecular weight excluding hydrogens is 208 g/mol. The summed E-state index contributed by atoms with van der Waals surface area (Å²) < 4.78 is 5.24. The number of urea groups is 1. The molecule has 0 radical (unpaired) electrons. The van der Waals surface area contributed by atoms with E-state index in [9.17, 15) is 9.59 Å². The summed E-state index contributed by atoms with van der Waals surface area (Å²) in [6, 6.07) is -0.269. The lowest BCUT2D eigenvalue weighted by atomic mass is 9.97. The molecule has 1 spiro atoms. The molecule has 0 aromatic carbocycles. The fourth-order valence-corrected chi connectivity index (χ4v) is 3.02. The van der Waals surface area contributed by atoms with E-state index in [1.165, 1.54) is 4.90 Å². The molecule has 3 rings (SSSR count). The standard InChI is InChI=1S/C11H16N2O3/c14-9-11(4-1-2-5-11)12-10(15)13(9)8-3-6-16-7-8/h8H,1-7H2,(H,12,15). The van der Waals surface area contributed by atoms with Gasteiger partial charge in [-0.3, -0.25) is 9.69 Å². The quantitative estimate of drug-likeness (QED) is 0.665. The first kappa shape index (κ1) is 10.1. The lowest BCUT2D eigenvalue weighted by molar-refractivity contribution is -0.132. The molecule has 1 unspecified atom stereocenters. The molecular formula is C11H16N2O3. The predicted octanol–water partition coefficient (Wildman–Crippen LogP) is 0.640. The number of hydrogen-bond acceptors (Lipinski definition) is 3. The van der Waals surface area contributed by atoms with Gasteiger partial charge in [0.25, 0.3) is 5.91 Å². The monoisotopic (exact) mass is 224 g/mol. The maximum atomic E-state index is 12.3. The van der Waals surface area contributed by atoms with Crippen LogP contribution in [0.15, 0.2) is 0 Å². The van der Waals surface area contributed by atoms with Gasteiger partial charge in [-0.2, -0.15) is 0 Å². The smallest absolute Gasteiger partial charge is 0.325 e. The van der Waals surface area contributed by atoms with Crippen molar-refractivity contribution in [3.63, 3.8) is 0 Å². The Morgan fingerprint density at radius 1 is 1.31 bits per heavy atom. The van der Waals surface area contributed by atoms with E-state index in [1.807, 2.05) is 0 Å². The van der Waals surface area contributed by atoms with E-state index in [2.05, 4.69) is 5.32 Å². The first-order valence-corrected chi connectivity index (χ1v) is 5.96. The molecule has 2 heterocycles. The van der Waals surface area contributed by atoms with Gasteiger partial charge in [-0.1, -0.05) is 12.8 Å². The van der Waals surface area contributed by atoms with E-state index in [-0.39, 0.29) is 18.0 Å². The van der Waals surface area contributed by atoms with Crippen LogP contribution in [0.5, 0.6) is 0 Å². The second-order valence-electron chi connectivity index (χ2n) is 4.91. The van der Waals surface area contributed by atoms with E-state index in [0.29, 0.717) is 13.2 Å². The van der Waals surface area contributed by atoms with Crippen LogP contribution in [0.2, 0.25) is 0 Å². The van der Waals surface area contributed by atoms with Crippen LogP contribution in [0, 0.1) is 0 Å². The van der Waals surface area contributed by atoms with Crippen molar-refractivity contribution in [3.8, 4) is 0 Å². The third-order valence-electron chi connectivity index (χ3n) is 3.92. The van der Waals surface area contributed by atoms with Gasteiger partial charge in [0.05, 0.1) is 12.6 Å². The predicted molar refractivity (Wildman–Crippen MR) is 55.8 cm³/mol. The molecule has 1 aliphatic carbocycles. The van der Waals surface area contributed by atoms with E-state index in [4.69, 9.17) is 4.74 Å². The zero-order valence-corrected chi connectivity index (χ0v) is 9.20. The van der Waals surface area contributed by atoms with Gasteiger partial charge >= 0.3 is 6.03 Å². The van der Waals surface area contributed by atoms with Gasteiger partial charge in [0, 0.05) is 6.61 Å². The molecule has 3 fully saturated rings. The van der Waals surface area contributed by atoms with E-state index >= 15 is 0 Å². The summed E-state index contributed by atoms with van der Waals surface area (Å²) in [5.41, 5.74) is -0.570. The van der Waals surface area contributed by atoms with Gasteiger partial charge in [-0.15, -0.1) is 0 Å². The molecule has 1 N–H and O–H groups in total. The third-order valence-corrected chi connectivity index (χ3v) is 3.92. The Balaban J connectivity index is 1.84. The van der Waals surface area contributed by atoms with Crippen molar-refractivity contribution in [1.82, 2.24) is 10.2 Å². The number of carbonyl (C=O) groups is 2. The van der Waals surface area contributed by atoms with Crippen LogP contribution in [0.1, 0.15) is 32.1 Å². The van der Waals surface area contributed by atoms with E-state index in [1.54, 1.807) is 0 Å². The van der Waals surface area contributed by atoms with Crippen LogP contribution in [-0.4, -0.2) is 41.6 Å². The number of carbonyl (C=O) groups excluding carboxylic acids is 2. The molecule has 3 amide bonds. The Morgan fingerprint density at radius 2 is 2.06 bits per heavy atom. The van der Waals surface area contributed by atoms with Crippen molar-refractivity contribution in [3.05, 3.63) is 0 Å². The summed E-state index contributed by atoms with van der Waals surface area (Å²) in [5, 5.41) is 2.89. The number of imide groups is 1. The van der Waals surface area contributed by atoms with E-state index < -0.39 is 5.54 Å². The highest BCUT2D eigenvalue weighted by molar-refractivity contribution is 6.07. The van der Waals surface area contributed by atoms with Gasteiger partial charge in [0.2, 0.25) is 0 Å². The minimum absolute atomic E-state index is 0.0227. The number of ether oxygens (including phenoxy) is 1. The zero-order valence-electron chi connectivity index (χ0n) is 9.20. The second kappa shape index (κ2) is 3.45. The van der Waals surface area contributed by atoms with Crippen LogP contribution < -0.4 is 5.32 Å². The topological polar surface area (TPSA) is 58.6 Å². The fourth-order valence-electron chi connectivity index (χ4n) is 3.02. The van der Waals surface area contributed by atoms with Gasteiger partial charge in [0.15, 0.2) is 0 Å². The summed E-state index contributed by atoms with van der Waals surface area (Å²) in [4.78, 5) is 25.6. The Bertz CT molecular complexity index is 330. The Hall–Kier alpha value is -1.10. The van der Waals surface area contributed by atoms with Gasteiger partial charge < -0.3 is 10.1 Å².